The summed E-state index contributed by atoms with van der Waals surface area (Å²) >= 11 is 1.55. The van der Waals surface area contributed by atoms with Crippen LogP contribution >= 0.6 is 11.3 Å². The second-order valence-electron chi connectivity index (χ2n) is 3.57. The molecule has 0 aliphatic rings. The molecule has 0 radical (unpaired) electrons. The Kier molecular flexibility index (Phi) is 3.53. The zero-order valence-corrected chi connectivity index (χ0v) is 10.5. The summed E-state index contributed by atoms with van der Waals surface area (Å²) < 4.78 is 5.29. The smallest absolute Gasteiger partial charge is 0.252 e. The van der Waals surface area contributed by atoms with Crippen LogP contribution in [0, 0.1) is 6.92 Å². The third-order valence-electron chi connectivity index (χ3n) is 2.20. The van der Waals surface area contributed by atoms with Crippen LogP contribution in [0.25, 0.3) is 0 Å². The molecule has 0 fully saturated rings. The number of hydrogen-bond acceptors (Lipinski definition) is 5. The fourth-order valence-corrected chi connectivity index (χ4v) is 2.01. The molecule has 2 rings (SSSR count). The lowest BCUT2D eigenvalue weighted by Crippen LogP contribution is -2.22. The van der Waals surface area contributed by atoms with E-state index in [4.69, 9.17) is 4.42 Å². The largest absolute Gasteiger partial charge is 0.423 e. The first-order chi connectivity index (χ1) is 8.19. The Morgan fingerprint density at radius 2 is 2.24 bits per heavy atom. The molecule has 0 saturated carbocycles. The molecule has 0 unspecified atom stereocenters. The SMILES string of the molecule is CCc1nnc(CNC(=O)c2csc(C)c2)o1. The number of thiophene rings is 1. The summed E-state index contributed by atoms with van der Waals surface area (Å²) in [6.07, 6.45) is 0.699. The van der Waals surface area contributed by atoms with Gasteiger partial charge in [0.25, 0.3) is 5.91 Å². The van der Waals surface area contributed by atoms with Crippen molar-refractivity contribution in [2.45, 2.75) is 26.8 Å². The van der Waals surface area contributed by atoms with E-state index in [-0.39, 0.29) is 12.5 Å². The summed E-state index contributed by atoms with van der Waals surface area (Å²) in [7, 11) is 0. The van der Waals surface area contributed by atoms with Crippen molar-refractivity contribution in [3.63, 3.8) is 0 Å². The molecule has 1 amide bonds. The lowest BCUT2D eigenvalue weighted by molar-refractivity contribution is 0.0947. The van der Waals surface area contributed by atoms with Crippen LogP contribution in [0.1, 0.15) is 33.9 Å². The molecule has 0 bridgehead atoms. The Hall–Kier alpha value is -1.69. The van der Waals surface area contributed by atoms with E-state index in [0.717, 1.165) is 4.88 Å². The summed E-state index contributed by atoms with van der Waals surface area (Å²) in [6.45, 7) is 4.16. The Balaban J connectivity index is 1.92. The van der Waals surface area contributed by atoms with Gasteiger partial charge in [-0.15, -0.1) is 21.5 Å². The van der Waals surface area contributed by atoms with Gasteiger partial charge in [0, 0.05) is 16.7 Å². The summed E-state index contributed by atoms with van der Waals surface area (Å²) in [5.74, 6) is 0.897. The molecule has 6 heteroatoms. The van der Waals surface area contributed by atoms with Crippen LogP contribution in [-0.2, 0) is 13.0 Å². The van der Waals surface area contributed by atoms with E-state index < -0.39 is 0 Å². The molecule has 2 aromatic rings. The van der Waals surface area contributed by atoms with Gasteiger partial charge in [-0.05, 0) is 13.0 Å². The Morgan fingerprint density at radius 1 is 1.47 bits per heavy atom. The van der Waals surface area contributed by atoms with Gasteiger partial charge < -0.3 is 9.73 Å². The molecule has 90 valence electrons. The van der Waals surface area contributed by atoms with E-state index in [2.05, 4.69) is 15.5 Å². The summed E-state index contributed by atoms with van der Waals surface area (Å²) in [5, 5.41) is 12.2. The van der Waals surface area contributed by atoms with E-state index in [1.54, 1.807) is 11.3 Å². The van der Waals surface area contributed by atoms with E-state index in [0.29, 0.717) is 23.8 Å². The van der Waals surface area contributed by atoms with Crippen LogP contribution in [0.5, 0.6) is 0 Å². The van der Waals surface area contributed by atoms with Crippen molar-refractivity contribution in [2.24, 2.45) is 0 Å². The van der Waals surface area contributed by atoms with Crippen molar-refractivity contribution in [1.29, 1.82) is 0 Å². The molecular weight excluding hydrogens is 238 g/mol. The van der Waals surface area contributed by atoms with Gasteiger partial charge in [0.1, 0.15) is 0 Å². The van der Waals surface area contributed by atoms with Crippen LogP contribution in [-0.4, -0.2) is 16.1 Å². The topological polar surface area (TPSA) is 68.0 Å². The molecule has 0 aliphatic carbocycles. The summed E-state index contributed by atoms with van der Waals surface area (Å²) in [6, 6.07) is 1.85. The van der Waals surface area contributed by atoms with Gasteiger partial charge in [-0.25, -0.2) is 0 Å². The van der Waals surface area contributed by atoms with E-state index in [1.165, 1.54) is 0 Å². The minimum atomic E-state index is -0.120. The number of rotatable bonds is 4. The maximum atomic E-state index is 11.7. The van der Waals surface area contributed by atoms with Crippen molar-refractivity contribution < 1.29 is 9.21 Å². The van der Waals surface area contributed by atoms with Gasteiger partial charge in [-0.1, -0.05) is 6.92 Å². The van der Waals surface area contributed by atoms with Crippen LogP contribution in [0.2, 0.25) is 0 Å². The van der Waals surface area contributed by atoms with Crippen LogP contribution in [0.15, 0.2) is 15.9 Å². The first-order valence-electron chi connectivity index (χ1n) is 5.33. The standard InChI is InChI=1S/C11H13N3O2S/c1-3-9-13-14-10(16-9)5-12-11(15)8-4-7(2)17-6-8/h4,6H,3,5H2,1-2H3,(H,12,15). The van der Waals surface area contributed by atoms with Crippen molar-refractivity contribution in [2.75, 3.05) is 0 Å². The molecular formula is C11H13N3O2S. The highest BCUT2D eigenvalue weighted by molar-refractivity contribution is 7.10. The van der Waals surface area contributed by atoms with Crippen molar-refractivity contribution in [3.8, 4) is 0 Å². The first-order valence-corrected chi connectivity index (χ1v) is 6.21. The number of nitrogens with zero attached hydrogens (tertiary/aromatic N) is 2. The monoisotopic (exact) mass is 251 g/mol. The molecule has 1 N–H and O–H groups in total. The lowest BCUT2D eigenvalue weighted by Gasteiger charge is -1.99. The Bertz CT molecular complexity index is 518. The van der Waals surface area contributed by atoms with Gasteiger partial charge in [0.15, 0.2) is 0 Å². The third-order valence-corrected chi connectivity index (χ3v) is 3.07. The fraction of sp³-hybridized carbons (Fsp3) is 0.364. The quantitative estimate of drug-likeness (QED) is 0.901. The average Bonchev–Trinajstić information content (AvgIpc) is 2.94. The summed E-state index contributed by atoms with van der Waals surface area (Å²) in [4.78, 5) is 12.8. The molecule has 0 spiro atoms. The molecule has 2 heterocycles. The molecule has 17 heavy (non-hydrogen) atoms. The minimum Gasteiger partial charge on any atom is -0.423 e. The molecule has 2 aromatic heterocycles. The fourth-order valence-electron chi connectivity index (χ4n) is 1.32. The van der Waals surface area contributed by atoms with Crippen molar-refractivity contribution in [3.05, 3.63) is 33.7 Å². The number of aryl methyl sites for hydroxylation is 2. The highest BCUT2D eigenvalue weighted by atomic mass is 32.1. The maximum absolute atomic E-state index is 11.7. The maximum Gasteiger partial charge on any atom is 0.252 e. The summed E-state index contributed by atoms with van der Waals surface area (Å²) in [5.41, 5.74) is 0.669. The zero-order chi connectivity index (χ0) is 12.3. The zero-order valence-electron chi connectivity index (χ0n) is 9.69. The third kappa shape index (κ3) is 2.91. The highest BCUT2D eigenvalue weighted by Crippen LogP contribution is 2.12. The van der Waals surface area contributed by atoms with Gasteiger partial charge in [-0.3, -0.25) is 4.79 Å². The second-order valence-corrected chi connectivity index (χ2v) is 4.69. The molecule has 0 atom stereocenters. The van der Waals surface area contributed by atoms with E-state index in [1.807, 2.05) is 25.3 Å². The molecule has 5 nitrogen and oxygen atoms in total. The van der Waals surface area contributed by atoms with Gasteiger partial charge >= 0.3 is 0 Å². The van der Waals surface area contributed by atoms with Gasteiger partial charge in [0.05, 0.1) is 12.1 Å². The van der Waals surface area contributed by atoms with Gasteiger partial charge in [-0.2, -0.15) is 0 Å². The predicted molar refractivity (Wildman–Crippen MR) is 63.9 cm³/mol. The normalized spacial score (nSPS) is 10.5. The highest BCUT2D eigenvalue weighted by Gasteiger charge is 2.09. The Labute approximate surface area is 103 Å². The van der Waals surface area contributed by atoms with E-state index >= 15 is 0 Å². The number of carbonyl (C=O) groups excluding carboxylic acids is 1. The van der Waals surface area contributed by atoms with Crippen LogP contribution in [0.4, 0.5) is 0 Å². The number of aromatic nitrogens is 2. The molecule has 0 aromatic carbocycles. The first kappa shape index (κ1) is 11.8. The van der Waals surface area contributed by atoms with Crippen molar-refractivity contribution in [1.82, 2.24) is 15.5 Å². The number of amides is 1. The lowest BCUT2D eigenvalue weighted by atomic mass is 10.3. The van der Waals surface area contributed by atoms with Crippen LogP contribution in [0.3, 0.4) is 0 Å². The molecule has 0 saturated heterocycles. The average molecular weight is 251 g/mol. The van der Waals surface area contributed by atoms with Crippen molar-refractivity contribution >= 4 is 17.2 Å². The number of carbonyl (C=O) groups is 1. The van der Waals surface area contributed by atoms with Crippen LogP contribution < -0.4 is 5.32 Å². The van der Waals surface area contributed by atoms with E-state index in [9.17, 15) is 4.79 Å². The Morgan fingerprint density at radius 3 is 2.82 bits per heavy atom. The van der Waals surface area contributed by atoms with Gasteiger partial charge in [0.2, 0.25) is 11.8 Å². The number of nitrogens with one attached hydrogen (secondary N) is 1. The predicted octanol–water partition coefficient (Wildman–Crippen LogP) is 1.93. The molecule has 0 aliphatic heterocycles. The number of hydrogen-bond donors (Lipinski definition) is 1. The second kappa shape index (κ2) is 5.09. The minimum absolute atomic E-state index is 0.120.